The number of furan rings is 1. The molecule has 0 spiro atoms. The van der Waals surface area contributed by atoms with Gasteiger partial charge in [0, 0.05) is 7.05 Å². The van der Waals surface area contributed by atoms with E-state index in [-0.39, 0.29) is 22.9 Å². The molecular formula is C13H12N2O4. The average Bonchev–Trinajstić information content (AvgIpc) is 2.90. The van der Waals surface area contributed by atoms with Crippen molar-refractivity contribution in [3.63, 3.8) is 0 Å². The van der Waals surface area contributed by atoms with Gasteiger partial charge in [0.15, 0.2) is 5.76 Å². The number of hydrogen-bond acceptors (Lipinski definition) is 4. The number of carbonyl (C=O) groups is 2. The van der Waals surface area contributed by atoms with E-state index in [1.54, 1.807) is 12.1 Å². The molecule has 2 rings (SSSR count). The molecule has 6 nitrogen and oxygen atoms in total. The van der Waals surface area contributed by atoms with Gasteiger partial charge in [-0.3, -0.25) is 4.79 Å². The molecule has 0 aliphatic rings. The molecule has 6 heteroatoms. The molecule has 1 aromatic heterocycles. The second-order valence-electron chi connectivity index (χ2n) is 3.92. The number of nitrogens with two attached hydrogens (primary N) is 1. The van der Waals surface area contributed by atoms with Crippen LogP contribution in [0.5, 0.6) is 0 Å². The standard InChI is InChI=1S/C13H12N2O4/c1-15(12(16)11-3-2-6-19-11)10-5-4-8(13(17)18)7-9(10)14/h2-7H,14H2,1H3,(H,17,18). The first-order valence-corrected chi connectivity index (χ1v) is 5.45. The maximum Gasteiger partial charge on any atom is 0.335 e. The zero-order valence-electron chi connectivity index (χ0n) is 10.2. The van der Waals surface area contributed by atoms with Gasteiger partial charge in [0.2, 0.25) is 0 Å². The number of carbonyl (C=O) groups excluding carboxylic acids is 1. The zero-order chi connectivity index (χ0) is 14.0. The topological polar surface area (TPSA) is 96.8 Å². The van der Waals surface area contributed by atoms with Crippen LogP contribution in [0.2, 0.25) is 0 Å². The summed E-state index contributed by atoms with van der Waals surface area (Å²) < 4.78 is 5.01. The van der Waals surface area contributed by atoms with E-state index in [0.29, 0.717) is 5.69 Å². The summed E-state index contributed by atoms with van der Waals surface area (Å²) in [4.78, 5) is 24.1. The van der Waals surface area contributed by atoms with Crippen molar-refractivity contribution in [2.75, 3.05) is 17.7 Å². The fourth-order valence-corrected chi connectivity index (χ4v) is 1.67. The molecule has 1 aromatic carbocycles. The van der Waals surface area contributed by atoms with E-state index in [2.05, 4.69) is 0 Å². The van der Waals surface area contributed by atoms with Crippen LogP contribution in [-0.2, 0) is 0 Å². The molecule has 0 bridgehead atoms. The van der Waals surface area contributed by atoms with Gasteiger partial charge in [-0.05, 0) is 30.3 Å². The minimum absolute atomic E-state index is 0.0695. The summed E-state index contributed by atoms with van der Waals surface area (Å²) in [6, 6.07) is 7.34. The van der Waals surface area contributed by atoms with Crippen molar-refractivity contribution in [2.24, 2.45) is 0 Å². The van der Waals surface area contributed by atoms with Crippen LogP contribution < -0.4 is 10.6 Å². The second kappa shape index (κ2) is 4.85. The number of aromatic carboxylic acids is 1. The van der Waals surface area contributed by atoms with E-state index < -0.39 is 5.97 Å². The van der Waals surface area contributed by atoms with E-state index >= 15 is 0 Å². The molecule has 1 heterocycles. The van der Waals surface area contributed by atoms with Gasteiger partial charge in [0.25, 0.3) is 5.91 Å². The van der Waals surface area contributed by atoms with Gasteiger partial charge >= 0.3 is 5.97 Å². The largest absolute Gasteiger partial charge is 0.478 e. The molecule has 1 amide bonds. The summed E-state index contributed by atoms with van der Waals surface area (Å²) in [6.45, 7) is 0. The summed E-state index contributed by atoms with van der Waals surface area (Å²) in [5.74, 6) is -1.25. The fourth-order valence-electron chi connectivity index (χ4n) is 1.67. The Morgan fingerprint density at radius 1 is 1.32 bits per heavy atom. The summed E-state index contributed by atoms with van der Waals surface area (Å²) in [7, 11) is 1.54. The molecule has 2 aromatic rings. The maximum atomic E-state index is 12.0. The smallest absolute Gasteiger partial charge is 0.335 e. The molecule has 0 saturated heterocycles. The summed E-state index contributed by atoms with van der Waals surface area (Å²) in [6.07, 6.45) is 1.40. The second-order valence-corrected chi connectivity index (χ2v) is 3.92. The molecule has 3 N–H and O–H groups in total. The zero-order valence-corrected chi connectivity index (χ0v) is 10.2. The molecule has 0 atom stereocenters. The number of hydrogen-bond donors (Lipinski definition) is 2. The Bertz CT molecular complexity index is 620. The summed E-state index contributed by atoms with van der Waals surface area (Å²) >= 11 is 0. The van der Waals surface area contributed by atoms with Crippen LogP contribution in [0.4, 0.5) is 11.4 Å². The summed E-state index contributed by atoms with van der Waals surface area (Å²) in [5.41, 5.74) is 6.47. The first-order valence-electron chi connectivity index (χ1n) is 5.45. The third-order valence-corrected chi connectivity index (χ3v) is 2.67. The van der Waals surface area contributed by atoms with Gasteiger partial charge in [-0.15, -0.1) is 0 Å². The normalized spacial score (nSPS) is 10.2. The lowest BCUT2D eigenvalue weighted by Crippen LogP contribution is -2.26. The number of benzene rings is 1. The third-order valence-electron chi connectivity index (χ3n) is 2.67. The fraction of sp³-hybridized carbons (Fsp3) is 0.0769. The molecular weight excluding hydrogens is 248 g/mol. The minimum atomic E-state index is -1.07. The monoisotopic (exact) mass is 260 g/mol. The molecule has 19 heavy (non-hydrogen) atoms. The van der Waals surface area contributed by atoms with E-state index in [9.17, 15) is 9.59 Å². The lowest BCUT2D eigenvalue weighted by Gasteiger charge is -2.18. The Hall–Kier alpha value is -2.76. The number of nitrogens with zero attached hydrogens (tertiary/aromatic N) is 1. The SMILES string of the molecule is CN(C(=O)c1ccco1)c1ccc(C(=O)O)cc1N. The highest BCUT2D eigenvalue weighted by Crippen LogP contribution is 2.24. The molecule has 0 unspecified atom stereocenters. The predicted octanol–water partition coefficient (Wildman–Crippen LogP) is 1.84. The molecule has 0 aliphatic carbocycles. The molecule has 98 valence electrons. The van der Waals surface area contributed by atoms with E-state index in [4.69, 9.17) is 15.3 Å². The third kappa shape index (κ3) is 2.42. The molecule has 0 aliphatic heterocycles. The number of carboxylic acids is 1. The average molecular weight is 260 g/mol. The van der Waals surface area contributed by atoms with Crippen molar-refractivity contribution < 1.29 is 19.1 Å². The van der Waals surface area contributed by atoms with Gasteiger partial charge in [-0.1, -0.05) is 0 Å². The highest BCUT2D eigenvalue weighted by Gasteiger charge is 2.18. The van der Waals surface area contributed by atoms with Gasteiger partial charge in [-0.2, -0.15) is 0 Å². The Morgan fingerprint density at radius 3 is 2.58 bits per heavy atom. The van der Waals surface area contributed by atoms with Crippen molar-refractivity contribution in [3.05, 3.63) is 47.9 Å². The van der Waals surface area contributed by atoms with Crippen LogP contribution in [0, 0.1) is 0 Å². The predicted molar refractivity (Wildman–Crippen MR) is 69.3 cm³/mol. The lowest BCUT2D eigenvalue weighted by molar-refractivity contribution is 0.0697. The highest BCUT2D eigenvalue weighted by molar-refractivity contribution is 6.06. The van der Waals surface area contributed by atoms with Gasteiger partial charge in [0.1, 0.15) is 0 Å². The van der Waals surface area contributed by atoms with Crippen LogP contribution in [0.15, 0.2) is 41.0 Å². The van der Waals surface area contributed by atoms with E-state index in [1.807, 2.05) is 0 Å². The first-order chi connectivity index (χ1) is 9.00. The Labute approximate surface area is 109 Å². The van der Waals surface area contributed by atoms with Crippen molar-refractivity contribution in [1.29, 1.82) is 0 Å². The highest BCUT2D eigenvalue weighted by atomic mass is 16.4. The number of amides is 1. The molecule has 0 fully saturated rings. The van der Waals surface area contributed by atoms with E-state index in [1.165, 1.54) is 36.4 Å². The van der Waals surface area contributed by atoms with Crippen molar-refractivity contribution in [3.8, 4) is 0 Å². The Morgan fingerprint density at radius 2 is 2.05 bits per heavy atom. The Balaban J connectivity index is 2.32. The lowest BCUT2D eigenvalue weighted by atomic mass is 10.1. The van der Waals surface area contributed by atoms with Crippen LogP contribution in [-0.4, -0.2) is 24.0 Å². The van der Waals surface area contributed by atoms with Crippen LogP contribution >= 0.6 is 0 Å². The minimum Gasteiger partial charge on any atom is -0.478 e. The maximum absolute atomic E-state index is 12.0. The van der Waals surface area contributed by atoms with Crippen molar-refractivity contribution in [2.45, 2.75) is 0 Å². The summed E-state index contributed by atoms with van der Waals surface area (Å²) in [5, 5.41) is 8.85. The van der Waals surface area contributed by atoms with Gasteiger partial charge in [0.05, 0.1) is 23.2 Å². The van der Waals surface area contributed by atoms with Crippen molar-refractivity contribution >= 4 is 23.3 Å². The number of anilines is 2. The van der Waals surface area contributed by atoms with Crippen molar-refractivity contribution in [1.82, 2.24) is 0 Å². The van der Waals surface area contributed by atoms with Crippen LogP contribution in [0.3, 0.4) is 0 Å². The van der Waals surface area contributed by atoms with Gasteiger partial charge < -0.3 is 20.2 Å². The van der Waals surface area contributed by atoms with E-state index in [0.717, 1.165) is 0 Å². The van der Waals surface area contributed by atoms with Crippen LogP contribution in [0.25, 0.3) is 0 Å². The molecule has 0 saturated carbocycles. The Kier molecular flexibility index (Phi) is 3.24. The number of carboxylic acid groups (broad SMARTS) is 1. The van der Waals surface area contributed by atoms with Gasteiger partial charge in [-0.25, -0.2) is 4.79 Å². The number of rotatable bonds is 3. The molecule has 0 radical (unpaired) electrons. The van der Waals surface area contributed by atoms with Crippen LogP contribution in [0.1, 0.15) is 20.9 Å². The first kappa shape index (κ1) is 12.7. The number of nitrogen functional groups attached to an aromatic ring is 1. The quantitative estimate of drug-likeness (QED) is 0.820.